The van der Waals surface area contributed by atoms with Crippen LogP contribution in [-0.4, -0.2) is 65.6 Å². The van der Waals surface area contributed by atoms with E-state index in [0.29, 0.717) is 44.1 Å². The molecular formula is C21H30N4O5. The number of fused-ring (bicyclic) bond motifs is 1. The summed E-state index contributed by atoms with van der Waals surface area (Å²) in [7, 11) is 3.30. The smallest absolute Gasteiger partial charge is 0.307 e. The lowest BCUT2D eigenvalue weighted by molar-refractivity contribution is -0.148. The standard InChI is InChI=1S/C21H30N4O5/c1-13-14-7-8-17(26)25(9-6-10-29-5)19(14)23-16(22-13)12-24(4)20(28)15-11-18(27)30-21(15,2)3/h15H,6-12H2,1-5H3/t15-/m0/s1. The Morgan fingerprint density at radius 3 is 2.67 bits per heavy atom. The molecule has 0 radical (unpaired) electrons. The van der Waals surface area contributed by atoms with Crippen molar-refractivity contribution in [1.82, 2.24) is 14.9 Å². The van der Waals surface area contributed by atoms with Crippen LogP contribution in [0.4, 0.5) is 5.82 Å². The van der Waals surface area contributed by atoms with E-state index < -0.39 is 11.5 Å². The van der Waals surface area contributed by atoms with Crippen molar-refractivity contribution in [2.24, 2.45) is 5.92 Å². The van der Waals surface area contributed by atoms with Crippen molar-refractivity contribution in [3.05, 3.63) is 17.1 Å². The molecule has 30 heavy (non-hydrogen) atoms. The molecule has 0 aromatic carbocycles. The number of cyclic esters (lactones) is 1. The molecule has 0 saturated carbocycles. The predicted octanol–water partition coefficient (Wildman–Crippen LogP) is 1.40. The molecule has 0 N–H and O–H groups in total. The van der Waals surface area contributed by atoms with Gasteiger partial charge < -0.3 is 14.4 Å². The Labute approximate surface area is 176 Å². The Hall–Kier alpha value is -2.55. The van der Waals surface area contributed by atoms with Crippen LogP contribution in [-0.2, 0) is 36.8 Å². The van der Waals surface area contributed by atoms with Crippen LogP contribution in [0.15, 0.2) is 0 Å². The van der Waals surface area contributed by atoms with Crippen molar-refractivity contribution in [3.63, 3.8) is 0 Å². The van der Waals surface area contributed by atoms with Gasteiger partial charge in [0.05, 0.1) is 18.9 Å². The lowest BCUT2D eigenvalue weighted by Gasteiger charge is -2.30. The number of rotatable bonds is 7. The van der Waals surface area contributed by atoms with Crippen LogP contribution in [0.25, 0.3) is 0 Å². The van der Waals surface area contributed by atoms with Crippen molar-refractivity contribution in [1.29, 1.82) is 0 Å². The van der Waals surface area contributed by atoms with E-state index in [1.165, 1.54) is 4.90 Å². The first-order valence-corrected chi connectivity index (χ1v) is 10.3. The van der Waals surface area contributed by atoms with Gasteiger partial charge in [-0.2, -0.15) is 0 Å². The summed E-state index contributed by atoms with van der Waals surface area (Å²) in [6, 6.07) is 0. The predicted molar refractivity (Wildman–Crippen MR) is 109 cm³/mol. The molecule has 3 rings (SSSR count). The van der Waals surface area contributed by atoms with Gasteiger partial charge in [0.1, 0.15) is 17.2 Å². The molecule has 1 atom stereocenters. The number of amides is 2. The van der Waals surface area contributed by atoms with Crippen molar-refractivity contribution < 1.29 is 23.9 Å². The zero-order valence-electron chi connectivity index (χ0n) is 18.4. The quantitative estimate of drug-likeness (QED) is 0.487. The largest absolute Gasteiger partial charge is 0.459 e. The zero-order valence-corrected chi connectivity index (χ0v) is 18.4. The van der Waals surface area contributed by atoms with E-state index in [9.17, 15) is 14.4 Å². The second kappa shape index (κ2) is 8.67. The zero-order chi connectivity index (χ0) is 22.1. The van der Waals surface area contributed by atoms with Gasteiger partial charge >= 0.3 is 5.97 Å². The average Bonchev–Trinajstić information content (AvgIpc) is 2.95. The first-order valence-electron chi connectivity index (χ1n) is 10.3. The first kappa shape index (κ1) is 22.1. The first-order chi connectivity index (χ1) is 14.1. The van der Waals surface area contributed by atoms with Crippen molar-refractivity contribution in [3.8, 4) is 0 Å². The molecular weight excluding hydrogens is 388 g/mol. The fourth-order valence-corrected chi connectivity index (χ4v) is 4.07. The fourth-order valence-electron chi connectivity index (χ4n) is 4.07. The van der Waals surface area contributed by atoms with E-state index in [0.717, 1.165) is 11.3 Å². The Morgan fingerprint density at radius 1 is 1.30 bits per heavy atom. The number of carbonyl (C=O) groups is 3. The minimum atomic E-state index is -0.834. The summed E-state index contributed by atoms with van der Waals surface area (Å²) in [5.41, 5.74) is 0.958. The molecule has 1 aromatic rings. The van der Waals surface area contributed by atoms with Crippen LogP contribution < -0.4 is 4.90 Å². The van der Waals surface area contributed by atoms with E-state index in [2.05, 4.69) is 9.97 Å². The molecule has 9 nitrogen and oxygen atoms in total. The monoisotopic (exact) mass is 418 g/mol. The van der Waals surface area contributed by atoms with Crippen molar-refractivity contribution >= 4 is 23.6 Å². The minimum Gasteiger partial charge on any atom is -0.459 e. The summed E-state index contributed by atoms with van der Waals surface area (Å²) >= 11 is 0. The lowest BCUT2D eigenvalue weighted by atomic mass is 9.89. The van der Waals surface area contributed by atoms with Crippen molar-refractivity contribution in [2.45, 2.75) is 58.6 Å². The van der Waals surface area contributed by atoms with E-state index in [1.54, 1.807) is 32.9 Å². The minimum absolute atomic E-state index is 0.0375. The highest BCUT2D eigenvalue weighted by atomic mass is 16.6. The van der Waals surface area contributed by atoms with E-state index >= 15 is 0 Å². The van der Waals surface area contributed by atoms with Crippen LogP contribution in [0, 0.1) is 12.8 Å². The van der Waals surface area contributed by atoms with Gasteiger partial charge in [-0.25, -0.2) is 9.97 Å². The molecule has 0 unspecified atom stereocenters. The molecule has 2 aliphatic heterocycles. The van der Waals surface area contributed by atoms with Gasteiger partial charge in [-0.05, 0) is 33.6 Å². The average molecular weight is 418 g/mol. The molecule has 1 aromatic heterocycles. The summed E-state index contributed by atoms with van der Waals surface area (Å²) in [4.78, 5) is 49.5. The molecule has 0 bridgehead atoms. The van der Waals surface area contributed by atoms with Gasteiger partial charge in [0.2, 0.25) is 11.8 Å². The Morgan fingerprint density at radius 2 is 2.03 bits per heavy atom. The van der Waals surface area contributed by atoms with Gasteiger partial charge in [0.15, 0.2) is 0 Å². The molecule has 2 amide bonds. The van der Waals surface area contributed by atoms with Crippen LogP contribution >= 0.6 is 0 Å². The number of anilines is 1. The number of nitrogens with zero attached hydrogens (tertiary/aromatic N) is 4. The molecule has 9 heteroatoms. The van der Waals surface area contributed by atoms with Gasteiger partial charge in [0, 0.05) is 45.0 Å². The maximum atomic E-state index is 12.9. The normalized spacial score (nSPS) is 20.2. The number of aromatic nitrogens is 2. The van der Waals surface area contributed by atoms with E-state index in [-0.39, 0.29) is 30.7 Å². The number of ether oxygens (including phenoxy) is 2. The Balaban J connectivity index is 1.80. The van der Waals surface area contributed by atoms with Gasteiger partial charge in [0.25, 0.3) is 0 Å². The van der Waals surface area contributed by atoms with Crippen molar-refractivity contribution in [2.75, 3.05) is 32.2 Å². The van der Waals surface area contributed by atoms with Crippen LogP contribution in [0.5, 0.6) is 0 Å². The maximum Gasteiger partial charge on any atom is 0.307 e. The second-order valence-corrected chi connectivity index (χ2v) is 8.45. The highest BCUT2D eigenvalue weighted by Gasteiger charge is 2.47. The molecule has 0 spiro atoms. The summed E-state index contributed by atoms with van der Waals surface area (Å²) in [5.74, 6) is 0.0500. The number of methoxy groups -OCH3 is 1. The second-order valence-electron chi connectivity index (χ2n) is 8.45. The molecule has 0 aliphatic carbocycles. The summed E-state index contributed by atoms with van der Waals surface area (Å²) in [6.45, 7) is 6.68. The number of esters is 1. The summed E-state index contributed by atoms with van der Waals surface area (Å²) in [6.07, 6.45) is 1.84. The third kappa shape index (κ3) is 4.45. The molecule has 3 heterocycles. The fraction of sp³-hybridized carbons (Fsp3) is 0.667. The third-order valence-corrected chi connectivity index (χ3v) is 5.75. The van der Waals surface area contributed by atoms with Gasteiger partial charge in [-0.15, -0.1) is 0 Å². The molecule has 1 saturated heterocycles. The van der Waals surface area contributed by atoms with Crippen LogP contribution in [0.3, 0.4) is 0 Å². The highest BCUT2D eigenvalue weighted by Crippen LogP contribution is 2.34. The molecule has 2 aliphatic rings. The van der Waals surface area contributed by atoms with E-state index in [4.69, 9.17) is 9.47 Å². The van der Waals surface area contributed by atoms with E-state index in [1.807, 2.05) is 6.92 Å². The summed E-state index contributed by atoms with van der Waals surface area (Å²) in [5, 5.41) is 0. The molecule has 1 fully saturated rings. The maximum absolute atomic E-state index is 12.9. The summed E-state index contributed by atoms with van der Waals surface area (Å²) < 4.78 is 10.4. The number of hydrogen-bond donors (Lipinski definition) is 0. The van der Waals surface area contributed by atoms with Gasteiger partial charge in [-0.3, -0.25) is 19.3 Å². The van der Waals surface area contributed by atoms with Crippen LogP contribution in [0.1, 0.15) is 50.2 Å². The number of carbonyl (C=O) groups excluding carboxylic acids is 3. The Kier molecular flexibility index (Phi) is 6.40. The lowest BCUT2D eigenvalue weighted by Crippen LogP contribution is -2.42. The third-order valence-electron chi connectivity index (χ3n) is 5.75. The molecule has 164 valence electrons. The topological polar surface area (TPSA) is 102 Å². The SMILES string of the molecule is COCCCN1C(=O)CCc2c(C)nc(CN(C)C(=O)[C@@H]3CC(=O)OC3(C)C)nc21. The number of hydrogen-bond acceptors (Lipinski definition) is 7. The van der Waals surface area contributed by atoms with Crippen LogP contribution in [0.2, 0.25) is 0 Å². The van der Waals surface area contributed by atoms with Gasteiger partial charge in [-0.1, -0.05) is 0 Å². The highest BCUT2D eigenvalue weighted by molar-refractivity contribution is 5.95. The number of aryl methyl sites for hydroxylation is 1. The Bertz CT molecular complexity index is 854.